The maximum atomic E-state index is 13.1. The second-order valence-corrected chi connectivity index (χ2v) is 6.89. The summed E-state index contributed by atoms with van der Waals surface area (Å²) in [5.41, 5.74) is -4.21. The van der Waals surface area contributed by atoms with Gasteiger partial charge in [0, 0.05) is 12.6 Å². The van der Waals surface area contributed by atoms with Gasteiger partial charge in [-0.25, -0.2) is 8.57 Å². The van der Waals surface area contributed by atoms with Crippen molar-refractivity contribution in [3.8, 4) is 0 Å². The lowest BCUT2D eigenvalue weighted by molar-refractivity contribution is -0.116. The summed E-state index contributed by atoms with van der Waals surface area (Å²) in [7, 11) is -4.55. The van der Waals surface area contributed by atoms with Crippen LogP contribution < -0.4 is 5.32 Å². The molecule has 1 amide bonds. The van der Waals surface area contributed by atoms with Crippen molar-refractivity contribution in [3.05, 3.63) is 42.0 Å². The van der Waals surface area contributed by atoms with Crippen molar-refractivity contribution in [1.82, 2.24) is 5.32 Å². The Morgan fingerprint density at radius 3 is 2.36 bits per heavy atom. The number of allylic oxidation sites excluding steroid dienone is 1. The van der Waals surface area contributed by atoms with Gasteiger partial charge in [-0.05, 0) is 26.0 Å². The molecule has 1 unspecified atom stereocenters. The molecule has 0 radical (unpaired) electrons. The van der Waals surface area contributed by atoms with Gasteiger partial charge in [0.1, 0.15) is 0 Å². The lowest BCUT2D eigenvalue weighted by Gasteiger charge is -2.13. The van der Waals surface area contributed by atoms with E-state index in [0.717, 1.165) is 17.7 Å². The van der Waals surface area contributed by atoms with Gasteiger partial charge < -0.3 is 5.32 Å². The first-order valence-corrected chi connectivity index (χ1v) is 7.95. The fourth-order valence-electron chi connectivity index (χ4n) is 1.55. The lowest BCUT2D eigenvalue weighted by atomic mass is 10.3. The number of carbonyl (C=O) groups excluding carboxylic acids is 1. The quantitative estimate of drug-likeness (QED) is 0.664. The van der Waals surface area contributed by atoms with Crippen molar-refractivity contribution < 1.29 is 22.2 Å². The van der Waals surface area contributed by atoms with E-state index in [1.54, 1.807) is 13.8 Å². The minimum Gasteiger partial charge on any atom is -0.351 e. The van der Waals surface area contributed by atoms with Crippen molar-refractivity contribution >= 4 is 15.6 Å². The number of hydrogen-bond acceptors (Lipinski definition) is 3. The first kappa shape index (κ1) is 18.2. The molecule has 1 aromatic carbocycles. The average Bonchev–Trinajstić information content (AvgIpc) is 2.42. The first-order valence-electron chi connectivity index (χ1n) is 6.44. The lowest BCUT2D eigenvalue weighted by Crippen LogP contribution is -2.27. The molecular formula is C14H17F3N2O2S. The number of amides is 1. The number of rotatable bonds is 5. The summed E-state index contributed by atoms with van der Waals surface area (Å²) < 4.78 is 54.8. The van der Waals surface area contributed by atoms with E-state index in [4.69, 9.17) is 0 Å². The van der Waals surface area contributed by atoms with Gasteiger partial charge in [0.2, 0.25) is 5.91 Å². The van der Waals surface area contributed by atoms with Crippen molar-refractivity contribution in [2.24, 2.45) is 4.36 Å². The number of nitrogens with one attached hydrogen (secondary N) is 1. The Kier molecular flexibility index (Phi) is 6.16. The molecule has 0 bridgehead atoms. The SMILES string of the molecule is CC(C)=CC(=O)NCCN=S(=O)(c1ccccc1)C(F)(F)F. The number of alkyl halides is 3. The highest BCUT2D eigenvalue weighted by Gasteiger charge is 2.44. The van der Waals surface area contributed by atoms with Crippen LogP contribution in [-0.4, -0.2) is 28.7 Å². The molecule has 22 heavy (non-hydrogen) atoms. The van der Waals surface area contributed by atoms with Gasteiger partial charge in [0.15, 0.2) is 9.73 Å². The zero-order chi connectivity index (χ0) is 16.8. The molecule has 122 valence electrons. The largest absolute Gasteiger partial charge is 0.483 e. The number of carbonyl (C=O) groups is 1. The third kappa shape index (κ3) is 4.87. The van der Waals surface area contributed by atoms with E-state index in [1.807, 2.05) is 0 Å². The molecule has 8 heteroatoms. The molecule has 0 saturated carbocycles. The third-order valence-corrected chi connectivity index (χ3v) is 4.57. The minimum atomic E-state index is -4.97. The molecule has 1 N–H and O–H groups in total. The monoisotopic (exact) mass is 334 g/mol. The minimum absolute atomic E-state index is 0.123. The molecule has 0 aliphatic carbocycles. The average molecular weight is 334 g/mol. The van der Waals surface area contributed by atoms with Crippen LogP contribution in [0, 0.1) is 0 Å². The molecule has 1 rings (SSSR count). The molecule has 1 aromatic rings. The van der Waals surface area contributed by atoms with Gasteiger partial charge in [-0.15, -0.1) is 0 Å². The number of halogens is 3. The Balaban J connectivity index is 2.90. The fourth-order valence-corrected chi connectivity index (χ4v) is 2.99. The molecular weight excluding hydrogens is 317 g/mol. The molecule has 0 spiro atoms. The highest BCUT2D eigenvalue weighted by Crippen LogP contribution is 2.32. The van der Waals surface area contributed by atoms with Crippen molar-refractivity contribution in [2.75, 3.05) is 13.1 Å². The van der Waals surface area contributed by atoms with Gasteiger partial charge in [0.25, 0.3) is 0 Å². The summed E-state index contributed by atoms with van der Waals surface area (Å²) in [6.07, 6.45) is 1.32. The van der Waals surface area contributed by atoms with Gasteiger partial charge in [-0.2, -0.15) is 13.2 Å². The summed E-state index contributed by atoms with van der Waals surface area (Å²) >= 11 is 0. The van der Waals surface area contributed by atoms with Gasteiger partial charge >= 0.3 is 5.51 Å². The van der Waals surface area contributed by atoms with E-state index in [-0.39, 0.29) is 6.54 Å². The second-order valence-electron chi connectivity index (χ2n) is 4.65. The molecule has 0 aromatic heterocycles. The molecule has 0 aliphatic heterocycles. The van der Waals surface area contributed by atoms with Crippen LogP contribution in [-0.2, 0) is 14.5 Å². The Bertz CT molecular complexity index is 656. The van der Waals surface area contributed by atoms with Crippen LogP contribution >= 0.6 is 0 Å². The Morgan fingerprint density at radius 1 is 1.27 bits per heavy atom. The van der Waals surface area contributed by atoms with Crippen molar-refractivity contribution in [2.45, 2.75) is 24.3 Å². The van der Waals surface area contributed by atoms with Gasteiger partial charge in [0.05, 0.1) is 11.4 Å². The van der Waals surface area contributed by atoms with Crippen LogP contribution in [0.4, 0.5) is 13.2 Å². The van der Waals surface area contributed by atoms with Gasteiger partial charge in [-0.3, -0.25) is 4.79 Å². The summed E-state index contributed by atoms with van der Waals surface area (Å²) in [4.78, 5) is 10.9. The van der Waals surface area contributed by atoms with E-state index in [9.17, 15) is 22.2 Å². The van der Waals surface area contributed by atoms with E-state index in [2.05, 4.69) is 9.68 Å². The molecule has 0 aliphatic rings. The van der Waals surface area contributed by atoms with E-state index >= 15 is 0 Å². The van der Waals surface area contributed by atoms with Crippen LogP contribution in [0.5, 0.6) is 0 Å². The fraction of sp³-hybridized carbons (Fsp3) is 0.357. The summed E-state index contributed by atoms with van der Waals surface area (Å²) in [6.45, 7) is 2.92. The smallest absolute Gasteiger partial charge is 0.351 e. The molecule has 0 fully saturated rings. The number of nitrogens with zero attached hydrogens (tertiary/aromatic N) is 1. The highest BCUT2D eigenvalue weighted by molar-refractivity contribution is 7.94. The summed E-state index contributed by atoms with van der Waals surface area (Å²) in [5, 5.41) is 2.39. The zero-order valence-electron chi connectivity index (χ0n) is 12.2. The van der Waals surface area contributed by atoms with E-state index in [0.29, 0.717) is 0 Å². The molecule has 4 nitrogen and oxygen atoms in total. The van der Waals surface area contributed by atoms with Crippen molar-refractivity contribution in [1.29, 1.82) is 0 Å². The normalized spacial score (nSPS) is 13.9. The zero-order valence-corrected chi connectivity index (χ0v) is 13.0. The molecule has 0 saturated heterocycles. The highest BCUT2D eigenvalue weighted by atomic mass is 32.2. The Labute approximate surface area is 127 Å². The summed E-state index contributed by atoms with van der Waals surface area (Å²) in [6, 6.07) is 6.52. The van der Waals surface area contributed by atoms with Crippen LogP contribution in [0.2, 0.25) is 0 Å². The maximum absolute atomic E-state index is 13.1. The van der Waals surface area contributed by atoms with Crippen LogP contribution in [0.3, 0.4) is 0 Å². The van der Waals surface area contributed by atoms with Crippen LogP contribution in [0.25, 0.3) is 0 Å². The molecule has 1 atom stereocenters. The van der Waals surface area contributed by atoms with E-state index < -0.39 is 32.6 Å². The molecule has 0 heterocycles. The van der Waals surface area contributed by atoms with Gasteiger partial charge in [-0.1, -0.05) is 23.8 Å². The summed E-state index contributed by atoms with van der Waals surface area (Å²) in [5.74, 6) is -0.423. The standard InChI is InChI=1S/C14H17F3N2O2S/c1-11(2)10-13(20)18-8-9-19-22(21,14(15,16)17)12-6-4-3-5-7-12/h3-7,10H,8-9H2,1-2H3,(H,18,20). The number of benzene rings is 1. The predicted molar refractivity (Wildman–Crippen MR) is 78.6 cm³/mol. The topological polar surface area (TPSA) is 58.5 Å². The third-order valence-electron chi connectivity index (χ3n) is 2.48. The van der Waals surface area contributed by atoms with Crippen LogP contribution in [0.1, 0.15) is 13.8 Å². The second kappa shape index (κ2) is 7.44. The van der Waals surface area contributed by atoms with Crippen LogP contribution in [0.15, 0.2) is 51.2 Å². The first-order chi connectivity index (χ1) is 10.2. The van der Waals surface area contributed by atoms with Crippen molar-refractivity contribution in [3.63, 3.8) is 0 Å². The maximum Gasteiger partial charge on any atom is 0.483 e. The van der Waals surface area contributed by atoms with E-state index in [1.165, 1.54) is 24.3 Å². The Morgan fingerprint density at radius 2 is 1.86 bits per heavy atom. The predicted octanol–water partition coefficient (Wildman–Crippen LogP) is 3.12. The Hall–Kier alpha value is -1.83. The number of hydrogen-bond donors (Lipinski definition) is 1.